The summed E-state index contributed by atoms with van der Waals surface area (Å²) in [5, 5.41) is 0. The first-order valence-electron chi connectivity index (χ1n) is 3.82. The quantitative estimate of drug-likeness (QED) is 0.654. The largest absolute Gasteiger partial charge is 0.378 e. The lowest BCUT2D eigenvalue weighted by atomic mass is 9.75. The Hall–Kier alpha value is 1.03. The maximum absolute atomic E-state index is 5.75. The molecule has 0 rings (SSSR count). The van der Waals surface area contributed by atoms with Crippen LogP contribution < -0.4 is 0 Å². The Morgan fingerprint density at radius 1 is 0.833 bits per heavy atom. The lowest BCUT2D eigenvalue weighted by Gasteiger charge is -2.10. The van der Waals surface area contributed by atoms with Crippen molar-refractivity contribution < 1.29 is 0 Å². The molecule has 68 valence electrons. The van der Waals surface area contributed by atoms with Gasteiger partial charge in [0, 0.05) is 0 Å². The minimum Gasteiger partial charge on any atom is -0.165 e. The molecule has 0 spiro atoms. The number of hydrogen-bond donors (Lipinski definition) is 0. The molecule has 0 saturated heterocycles. The van der Waals surface area contributed by atoms with Gasteiger partial charge in [-0.25, -0.2) is 0 Å². The van der Waals surface area contributed by atoms with Crippen molar-refractivity contribution in [3.05, 3.63) is 10.9 Å². The molecular formula is C6H10B2Cl4. The first kappa shape index (κ1) is 13.0. The van der Waals surface area contributed by atoms with Crippen LogP contribution in [-0.4, -0.2) is 11.1 Å². The topological polar surface area (TPSA) is 0 Å². The fourth-order valence-electron chi connectivity index (χ4n) is 1.04. The second-order valence-corrected chi connectivity index (χ2v) is 4.55. The summed E-state index contributed by atoms with van der Waals surface area (Å²) in [5.74, 6) is 0. The maximum Gasteiger partial charge on any atom is 0.378 e. The van der Waals surface area contributed by atoms with E-state index in [4.69, 9.17) is 45.8 Å². The molecular weight excluding hydrogens is 236 g/mol. The summed E-state index contributed by atoms with van der Waals surface area (Å²) in [4.78, 5) is 0. The summed E-state index contributed by atoms with van der Waals surface area (Å²) in [6.07, 6.45) is 1.58. The van der Waals surface area contributed by atoms with Crippen LogP contribution in [0.5, 0.6) is 0 Å². The Bertz CT molecular complexity index is 149. The molecule has 0 atom stereocenters. The van der Waals surface area contributed by atoms with Gasteiger partial charge in [0.15, 0.2) is 0 Å². The van der Waals surface area contributed by atoms with Crippen molar-refractivity contribution in [2.75, 3.05) is 0 Å². The molecule has 12 heavy (non-hydrogen) atoms. The predicted molar refractivity (Wildman–Crippen MR) is 62.5 cm³/mol. The van der Waals surface area contributed by atoms with Gasteiger partial charge in [-0.2, -0.15) is 45.8 Å². The van der Waals surface area contributed by atoms with Crippen molar-refractivity contribution in [2.24, 2.45) is 0 Å². The Morgan fingerprint density at radius 2 is 1.08 bits per heavy atom. The average Bonchev–Trinajstić information content (AvgIpc) is 1.98. The van der Waals surface area contributed by atoms with Gasteiger partial charge in [0.1, 0.15) is 0 Å². The molecule has 0 heterocycles. The molecule has 6 heteroatoms. The van der Waals surface area contributed by atoms with Crippen molar-refractivity contribution in [2.45, 2.75) is 26.7 Å². The van der Waals surface area contributed by atoms with Crippen LogP contribution in [0.15, 0.2) is 10.9 Å². The number of halogens is 4. The third-order valence-corrected chi connectivity index (χ3v) is 2.75. The summed E-state index contributed by atoms with van der Waals surface area (Å²) in [7, 11) is 0. The smallest absolute Gasteiger partial charge is 0.165 e. The lowest BCUT2D eigenvalue weighted by Crippen LogP contribution is -2.10. The summed E-state index contributed by atoms with van der Waals surface area (Å²) in [6, 6.07) is 0. The zero-order chi connectivity index (χ0) is 9.72. The highest BCUT2D eigenvalue weighted by molar-refractivity contribution is 7.40. The third-order valence-electron chi connectivity index (χ3n) is 1.70. The van der Waals surface area contributed by atoms with Crippen LogP contribution in [0.1, 0.15) is 26.7 Å². The van der Waals surface area contributed by atoms with E-state index in [2.05, 4.69) is 0 Å². The van der Waals surface area contributed by atoms with Gasteiger partial charge in [-0.15, -0.1) is 0 Å². The van der Waals surface area contributed by atoms with E-state index in [9.17, 15) is 0 Å². The first-order valence-corrected chi connectivity index (χ1v) is 5.57. The van der Waals surface area contributed by atoms with Crippen molar-refractivity contribution in [1.29, 1.82) is 0 Å². The maximum atomic E-state index is 5.75. The molecule has 0 aromatic rings. The highest BCUT2D eigenvalue weighted by Crippen LogP contribution is 2.24. The highest BCUT2D eigenvalue weighted by atomic mass is 35.5. The van der Waals surface area contributed by atoms with Gasteiger partial charge in [-0.1, -0.05) is 24.8 Å². The van der Waals surface area contributed by atoms with E-state index < -0.39 is 11.1 Å². The van der Waals surface area contributed by atoms with Gasteiger partial charge in [0.05, 0.1) is 0 Å². The second-order valence-electron chi connectivity index (χ2n) is 2.36. The Morgan fingerprint density at radius 3 is 1.17 bits per heavy atom. The first-order chi connectivity index (χ1) is 5.54. The Kier molecular flexibility index (Phi) is 7.03. The van der Waals surface area contributed by atoms with Crippen molar-refractivity contribution >= 4 is 56.9 Å². The van der Waals surface area contributed by atoms with E-state index in [-0.39, 0.29) is 0 Å². The summed E-state index contributed by atoms with van der Waals surface area (Å²) < 4.78 is 0. The van der Waals surface area contributed by atoms with Crippen LogP contribution in [0.25, 0.3) is 0 Å². The van der Waals surface area contributed by atoms with Crippen LogP contribution in [0, 0.1) is 0 Å². The van der Waals surface area contributed by atoms with Gasteiger partial charge in [-0.3, -0.25) is 0 Å². The number of hydrogen-bond acceptors (Lipinski definition) is 0. The van der Waals surface area contributed by atoms with Gasteiger partial charge in [0.2, 0.25) is 0 Å². The molecule has 0 radical (unpaired) electrons. The monoisotopic (exact) mass is 244 g/mol. The SMILES string of the molecule is CC/C(B(Cl)Cl)=C(\CC)B(Cl)Cl. The van der Waals surface area contributed by atoms with Crippen LogP contribution >= 0.6 is 45.8 Å². The van der Waals surface area contributed by atoms with Gasteiger partial charge >= 0.3 is 11.1 Å². The summed E-state index contributed by atoms with van der Waals surface area (Å²) in [6.45, 7) is 3.97. The molecule has 0 fully saturated rings. The summed E-state index contributed by atoms with van der Waals surface area (Å²) in [5.41, 5.74) is 0.890. The van der Waals surface area contributed by atoms with Crippen LogP contribution in [0.4, 0.5) is 0 Å². The van der Waals surface area contributed by atoms with Crippen molar-refractivity contribution in [1.82, 2.24) is 0 Å². The molecule has 0 N–H and O–H groups in total. The third kappa shape index (κ3) is 3.83. The highest BCUT2D eigenvalue weighted by Gasteiger charge is 2.21. The van der Waals surface area contributed by atoms with E-state index in [1.165, 1.54) is 0 Å². The average molecular weight is 246 g/mol. The minimum absolute atomic E-state index is 0.495. The number of rotatable bonds is 4. The fourth-order valence-corrected chi connectivity index (χ4v) is 2.22. The Labute approximate surface area is 94.4 Å². The molecule has 0 saturated carbocycles. The summed E-state index contributed by atoms with van der Waals surface area (Å²) >= 11 is 23.0. The van der Waals surface area contributed by atoms with Crippen molar-refractivity contribution in [3.63, 3.8) is 0 Å². The Balaban J connectivity index is 4.74. The molecule has 0 aliphatic carbocycles. The van der Waals surface area contributed by atoms with E-state index in [1.54, 1.807) is 0 Å². The lowest BCUT2D eigenvalue weighted by molar-refractivity contribution is 1.11. The number of allylic oxidation sites excluding steroid dienone is 2. The molecule has 0 aromatic carbocycles. The molecule has 0 unspecified atom stereocenters. The van der Waals surface area contributed by atoms with Crippen LogP contribution in [0.2, 0.25) is 0 Å². The molecule has 0 bridgehead atoms. The predicted octanol–water partition coefficient (Wildman–Crippen LogP) is 4.11. The normalized spacial score (nSPS) is 12.5. The van der Waals surface area contributed by atoms with Gasteiger partial charge < -0.3 is 0 Å². The molecule has 0 amide bonds. The zero-order valence-electron chi connectivity index (χ0n) is 7.08. The van der Waals surface area contributed by atoms with E-state index in [0.29, 0.717) is 0 Å². The standard InChI is InChI=1S/C6H10B2Cl4/c1-3-5(7(9)10)6(4-2)8(11)12/h3-4H2,1-2H3/b6-5-. The van der Waals surface area contributed by atoms with Crippen LogP contribution in [-0.2, 0) is 0 Å². The van der Waals surface area contributed by atoms with E-state index >= 15 is 0 Å². The molecule has 0 aliphatic rings. The van der Waals surface area contributed by atoms with Gasteiger partial charge in [-0.05, 0) is 12.8 Å². The van der Waals surface area contributed by atoms with Gasteiger partial charge in [0.25, 0.3) is 0 Å². The second kappa shape index (κ2) is 6.48. The molecule has 0 aliphatic heterocycles. The molecule has 0 nitrogen and oxygen atoms in total. The minimum atomic E-state index is -0.495. The molecule has 0 aromatic heterocycles. The van der Waals surface area contributed by atoms with E-state index in [0.717, 1.165) is 23.8 Å². The van der Waals surface area contributed by atoms with E-state index in [1.807, 2.05) is 13.8 Å². The van der Waals surface area contributed by atoms with Crippen molar-refractivity contribution in [3.8, 4) is 0 Å². The van der Waals surface area contributed by atoms with Crippen LogP contribution in [0.3, 0.4) is 0 Å². The zero-order valence-corrected chi connectivity index (χ0v) is 10.1. The fraction of sp³-hybridized carbons (Fsp3) is 0.667.